The number of methoxy groups -OCH3 is 1. The molecule has 1 N–H and O–H groups in total. The van der Waals surface area contributed by atoms with Gasteiger partial charge < -0.3 is 10.1 Å². The molecule has 144 valence electrons. The first-order valence-corrected chi connectivity index (χ1v) is 9.29. The summed E-state index contributed by atoms with van der Waals surface area (Å²) < 4.78 is 6.42. The van der Waals surface area contributed by atoms with E-state index in [0.29, 0.717) is 6.54 Å². The van der Waals surface area contributed by atoms with Crippen molar-refractivity contribution in [1.82, 2.24) is 20.0 Å². The Bertz CT molecular complexity index is 826. The maximum atomic E-state index is 12.5. The van der Waals surface area contributed by atoms with E-state index in [-0.39, 0.29) is 23.2 Å². The van der Waals surface area contributed by atoms with Crippen molar-refractivity contribution in [3.8, 4) is 5.75 Å². The van der Waals surface area contributed by atoms with E-state index in [1.165, 1.54) is 43.1 Å². The van der Waals surface area contributed by atoms with Gasteiger partial charge in [0.15, 0.2) is 0 Å². The Kier molecular flexibility index (Phi) is 6.24. The zero-order valence-electron chi connectivity index (χ0n) is 15.9. The quantitative estimate of drug-likeness (QED) is 0.838. The Morgan fingerprint density at radius 1 is 1.15 bits per heavy atom. The smallest absolute Gasteiger partial charge is 0.271 e. The minimum atomic E-state index is -0.277. The van der Waals surface area contributed by atoms with Crippen LogP contribution in [0.25, 0.3) is 0 Å². The van der Waals surface area contributed by atoms with Gasteiger partial charge in [0.25, 0.3) is 11.5 Å². The highest BCUT2D eigenvalue weighted by atomic mass is 16.5. The highest BCUT2D eigenvalue weighted by molar-refractivity contribution is 5.92. The number of nitrogens with zero attached hydrogens (tertiary/aromatic N) is 3. The van der Waals surface area contributed by atoms with Gasteiger partial charge in [-0.3, -0.25) is 14.5 Å². The van der Waals surface area contributed by atoms with Gasteiger partial charge in [-0.25, -0.2) is 4.68 Å². The second kappa shape index (κ2) is 8.81. The minimum absolute atomic E-state index is 0.0905. The molecule has 7 nitrogen and oxygen atoms in total. The number of nitrogens with one attached hydrogen (secondary N) is 1. The Morgan fingerprint density at radius 2 is 1.85 bits per heavy atom. The number of benzene rings is 1. The van der Waals surface area contributed by atoms with Crippen molar-refractivity contribution in [2.24, 2.45) is 7.05 Å². The molecule has 0 unspecified atom stereocenters. The van der Waals surface area contributed by atoms with Crippen LogP contribution in [0.5, 0.6) is 5.75 Å². The number of piperidine rings is 1. The van der Waals surface area contributed by atoms with Crippen molar-refractivity contribution < 1.29 is 9.53 Å². The SMILES string of the molecule is COc1ccc([C@@H](CNC(=O)c2ccc(=O)n(C)n2)N2CCCCC2)cc1. The molecule has 0 spiro atoms. The van der Waals surface area contributed by atoms with Crippen molar-refractivity contribution in [3.05, 3.63) is 58.0 Å². The van der Waals surface area contributed by atoms with Crippen LogP contribution in [-0.4, -0.2) is 47.3 Å². The van der Waals surface area contributed by atoms with Gasteiger partial charge in [0.05, 0.1) is 13.2 Å². The maximum absolute atomic E-state index is 12.5. The molecule has 3 rings (SSSR count). The van der Waals surface area contributed by atoms with Crippen LogP contribution in [0.4, 0.5) is 0 Å². The molecular weight excluding hydrogens is 344 g/mol. The maximum Gasteiger partial charge on any atom is 0.271 e. The molecule has 1 amide bonds. The first kappa shape index (κ1) is 19.1. The summed E-state index contributed by atoms with van der Waals surface area (Å²) in [5.74, 6) is 0.538. The van der Waals surface area contributed by atoms with E-state index in [1.807, 2.05) is 12.1 Å². The fourth-order valence-electron chi connectivity index (χ4n) is 3.42. The highest BCUT2D eigenvalue weighted by Crippen LogP contribution is 2.25. The third kappa shape index (κ3) is 4.74. The first-order valence-electron chi connectivity index (χ1n) is 9.29. The number of amides is 1. The molecular formula is C20H26N4O3. The normalized spacial score (nSPS) is 15.9. The lowest BCUT2D eigenvalue weighted by molar-refractivity contribution is 0.0917. The summed E-state index contributed by atoms with van der Waals surface area (Å²) in [6, 6.07) is 10.9. The van der Waals surface area contributed by atoms with Crippen LogP contribution >= 0.6 is 0 Å². The molecule has 1 aromatic carbocycles. The van der Waals surface area contributed by atoms with Gasteiger partial charge in [0.2, 0.25) is 0 Å². The number of aryl methyl sites for hydroxylation is 1. The standard InChI is InChI=1S/C20H26N4O3/c1-23-19(25)11-10-17(22-23)20(26)21-14-18(24-12-4-3-5-13-24)15-6-8-16(27-2)9-7-15/h6-11,18H,3-5,12-14H2,1-2H3,(H,21,26)/t18-/m1/s1. The summed E-state index contributed by atoms with van der Waals surface area (Å²) in [6.07, 6.45) is 3.59. The molecule has 2 heterocycles. The predicted octanol–water partition coefficient (Wildman–Crippen LogP) is 1.75. The summed E-state index contributed by atoms with van der Waals surface area (Å²) in [7, 11) is 3.19. The van der Waals surface area contributed by atoms with Crippen molar-refractivity contribution >= 4 is 5.91 Å². The average Bonchev–Trinajstić information content (AvgIpc) is 2.71. The summed E-state index contributed by atoms with van der Waals surface area (Å²) in [5.41, 5.74) is 1.15. The topological polar surface area (TPSA) is 76.5 Å². The second-order valence-electron chi connectivity index (χ2n) is 6.78. The first-order chi connectivity index (χ1) is 13.1. The number of hydrogen-bond donors (Lipinski definition) is 1. The molecule has 0 bridgehead atoms. The summed E-state index contributed by atoms with van der Waals surface area (Å²) in [5, 5.41) is 7.00. The number of carbonyl (C=O) groups is 1. The third-order valence-electron chi connectivity index (χ3n) is 4.98. The van der Waals surface area contributed by atoms with E-state index in [1.54, 1.807) is 7.11 Å². The van der Waals surface area contributed by atoms with Gasteiger partial charge in [-0.1, -0.05) is 18.6 Å². The lowest BCUT2D eigenvalue weighted by Crippen LogP contribution is -2.41. The highest BCUT2D eigenvalue weighted by Gasteiger charge is 2.23. The van der Waals surface area contributed by atoms with Crippen LogP contribution in [0, 0.1) is 0 Å². The van der Waals surface area contributed by atoms with Crippen LogP contribution in [0.2, 0.25) is 0 Å². The zero-order chi connectivity index (χ0) is 19.2. The summed E-state index contributed by atoms with van der Waals surface area (Å²) >= 11 is 0. The number of rotatable bonds is 6. The molecule has 1 fully saturated rings. The predicted molar refractivity (Wildman–Crippen MR) is 103 cm³/mol. The molecule has 7 heteroatoms. The Hall–Kier alpha value is -2.67. The van der Waals surface area contributed by atoms with Crippen LogP contribution in [0.15, 0.2) is 41.2 Å². The number of ether oxygens (including phenoxy) is 1. The molecule has 1 saturated heterocycles. The number of hydrogen-bond acceptors (Lipinski definition) is 5. The van der Waals surface area contributed by atoms with Gasteiger partial charge in [-0.2, -0.15) is 5.10 Å². The van der Waals surface area contributed by atoms with Gasteiger partial charge in [-0.05, 0) is 49.7 Å². The van der Waals surface area contributed by atoms with Gasteiger partial charge in [0.1, 0.15) is 11.4 Å². The molecule has 0 radical (unpaired) electrons. The third-order valence-corrected chi connectivity index (χ3v) is 4.98. The largest absolute Gasteiger partial charge is 0.497 e. The van der Waals surface area contributed by atoms with E-state index in [4.69, 9.17) is 4.74 Å². The Morgan fingerprint density at radius 3 is 2.48 bits per heavy atom. The fraction of sp³-hybridized carbons (Fsp3) is 0.450. The monoisotopic (exact) mass is 370 g/mol. The lowest BCUT2D eigenvalue weighted by Gasteiger charge is -2.35. The lowest BCUT2D eigenvalue weighted by atomic mass is 10.0. The van der Waals surface area contributed by atoms with E-state index < -0.39 is 0 Å². The van der Waals surface area contributed by atoms with E-state index in [0.717, 1.165) is 24.4 Å². The molecule has 0 saturated carbocycles. The van der Waals surface area contributed by atoms with Crippen molar-refractivity contribution in [3.63, 3.8) is 0 Å². The number of aromatic nitrogens is 2. The van der Waals surface area contributed by atoms with Gasteiger partial charge in [-0.15, -0.1) is 0 Å². The summed E-state index contributed by atoms with van der Waals surface area (Å²) in [4.78, 5) is 26.4. The molecule has 27 heavy (non-hydrogen) atoms. The molecule has 1 aromatic heterocycles. The van der Waals surface area contributed by atoms with E-state index in [2.05, 4.69) is 27.4 Å². The summed E-state index contributed by atoms with van der Waals surface area (Å²) in [6.45, 7) is 2.52. The molecule has 1 atom stereocenters. The fourth-order valence-corrected chi connectivity index (χ4v) is 3.42. The van der Waals surface area contributed by atoms with Crippen LogP contribution in [0.1, 0.15) is 41.4 Å². The molecule has 1 aliphatic heterocycles. The Labute approximate surface area is 158 Å². The van der Waals surface area contributed by atoms with Crippen LogP contribution in [0.3, 0.4) is 0 Å². The molecule has 1 aliphatic rings. The Balaban J connectivity index is 1.74. The van der Waals surface area contributed by atoms with Gasteiger partial charge in [0, 0.05) is 19.7 Å². The van der Waals surface area contributed by atoms with Crippen molar-refractivity contribution in [2.75, 3.05) is 26.7 Å². The van der Waals surface area contributed by atoms with E-state index >= 15 is 0 Å². The van der Waals surface area contributed by atoms with E-state index in [9.17, 15) is 9.59 Å². The van der Waals surface area contributed by atoms with Crippen LogP contribution in [-0.2, 0) is 7.05 Å². The average molecular weight is 370 g/mol. The van der Waals surface area contributed by atoms with Gasteiger partial charge >= 0.3 is 0 Å². The second-order valence-corrected chi connectivity index (χ2v) is 6.78. The molecule has 0 aliphatic carbocycles. The van der Waals surface area contributed by atoms with Crippen molar-refractivity contribution in [2.45, 2.75) is 25.3 Å². The molecule has 2 aromatic rings. The van der Waals surface area contributed by atoms with Crippen LogP contribution < -0.4 is 15.6 Å². The number of likely N-dealkylation sites (tertiary alicyclic amines) is 1. The minimum Gasteiger partial charge on any atom is -0.497 e. The van der Waals surface area contributed by atoms with Crippen molar-refractivity contribution in [1.29, 1.82) is 0 Å². The number of carbonyl (C=O) groups excluding carboxylic acids is 1. The zero-order valence-corrected chi connectivity index (χ0v) is 15.9.